The number of nitrogens with one attached hydrogen (secondary N) is 1. The van der Waals surface area contributed by atoms with Gasteiger partial charge in [0.2, 0.25) is 11.8 Å². The number of rotatable bonds is 7. The topological polar surface area (TPSA) is 100 Å². The Hall–Kier alpha value is -3.62. The summed E-state index contributed by atoms with van der Waals surface area (Å²) in [6, 6.07) is 9.26. The Morgan fingerprint density at radius 2 is 1.94 bits per heavy atom. The first-order valence-electron chi connectivity index (χ1n) is 10.5. The quantitative estimate of drug-likeness (QED) is 0.604. The predicted molar refractivity (Wildman–Crippen MR) is 119 cm³/mol. The van der Waals surface area contributed by atoms with E-state index in [0.29, 0.717) is 48.0 Å². The molecule has 0 aliphatic carbocycles. The second kappa shape index (κ2) is 8.86. The zero-order chi connectivity index (χ0) is 22.8. The average molecular weight is 438 g/mol. The Kier molecular flexibility index (Phi) is 5.98. The fraction of sp³-hybridized carbons (Fsp3) is 0.391. The largest absolute Gasteiger partial charge is 0.493 e. The molecule has 3 heterocycles. The molecular formula is C23H27N5O4. The minimum Gasteiger partial charge on any atom is -0.493 e. The van der Waals surface area contributed by atoms with Gasteiger partial charge in [-0.3, -0.25) is 4.79 Å². The summed E-state index contributed by atoms with van der Waals surface area (Å²) < 4.78 is 18.2. The van der Waals surface area contributed by atoms with E-state index in [4.69, 9.17) is 14.2 Å². The molecule has 1 aromatic carbocycles. The van der Waals surface area contributed by atoms with E-state index in [0.717, 1.165) is 16.8 Å². The predicted octanol–water partition coefficient (Wildman–Crippen LogP) is 3.50. The number of benzene rings is 1. The molecule has 168 valence electrons. The van der Waals surface area contributed by atoms with Crippen molar-refractivity contribution in [3.05, 3.63) is 47.2 Å². The molecule has 0 saturated heterocycles. The van der Waals surface area contributed by atoms with Crippen LogP contribution in [0.4, 0.5) is 5.82 Å². The van der Waals surface area contributed by atoms with Gasteiger partial charge in [-0.05, 0) is 36.6 Å². The third-order valence-electron chi connectivity index (χ3n) is 5.32. The van der Waals surface area contributed by atoms with Crippen LogP contribution in [-0.4, -0.2) is 46.7 Å². The number of amides is 1. The van der Waals surface area contributed by atoms with Gasteiger partial charge in [0.25, 0.3) is 0 Å². The maximum Gasteiger partial charge on any atom is 0.233 e. The van der Waals surface area contributed by atoms with Crippen molar-refractivity contribution in [3.63, 3.8) is 0 Å². The highest BCUT2D eigenvalue weighted by Crippen LogP contribution is 2.42. The zero-order valence-corrected chi connectivity index (χ0v) is 18.9. The van der Waals surface area contributed by atoms with E-state index >= 15 is 0 Å². The van der Waals surface area contributed by atoms with Crippen molar-refractivity contribution in [2.75, 3.05) is 26.1 Å². The van der Waals surface area contributed by atoms with Crippen LogP contribution in [0.1, 0.15) is 43.0 Å². The van der Waals surface area contributed by atoms with E-state index in [1.807, 2.05) is 25.1 Å². The monoisotopic (exact) mass is 437 g/mol. The molecule has 1 atom stereocenters. The number of methoxy groups -OCH3 is 2. The van der Waals surface area contributed by atoms with Crippen molar-refractivity contribution in [3.8, 4) is 23.2 Å². The molecule has 0 spiro atoms. The fourth-order valence-corrected chi connectivity index (χ4v) is 3.81. The molecule has 1 aliphatic heterocycles. The van der Waals surface area contributed by atoms with Crippen LogP contribution in [0.3, 0.4) is 0 Å². The molecule has 1 N–H and O–H groups in total. The minimum absolute atomic E-state index is 0.0920. The molecular weight excluding hydrogens is 410 g/mol. The minimum atomic E-state index is -0.175. The number of aryl methyl sites for hydroxylation is 1. The van der Waals surface area contributed by atoms with Crippen LogP contribution in [0.5, 0.6) is 17.4 Å². The van der Waals surface area contributed by atoms with Gasteiger partial charge in [-0.2, -0.15) is 9.78 Å². The number of hydrogen-bond donors (Lipinski definition) is 1. The second-order valence-electron chi connectivity index (χ2n) is 8.11. The maximum atomic E-state index is 12.7. The number of aromatic nitrogens is 4. The summed E-state index contributed by atoms with van der Waals surface area (Å²) in [5, 5.41) is 15.8. The molecule has 1 amide bonds. The second-order valence-corrected chi connectivity index (χ2v) is 8.11. The summed E-state index contributed by atoms with van der Waals surface area (Å²) in [6.07, 6.45) is 0.309. The normalized spacial score (nSPS) is 15.3. The molecule has 4 rings (SSSR count). The van der Waals surface area contributed by atoms with Gasteiger partial charge in [0.05, 0.1) is 26.5 Å². The summed E-state index contributed by atoms with van der Waals surface area (Å²) in [7, 11) is 3.15. The molecule has 0 saturated carbocycles. The van der Waals surface area contributed by atoms with Crippen LogP contribution in [0.25, 0.3) is 5.82 Å². The van der Waals surface area contributed by atoms with Gasteiger partial charge in [-0.1, -0.05) is 19.9 Å². The summed E-state index contributed by atoms with van der Waals surface area (Å²) in [5.41, 5.74) is 2.72. The molecule has 9 heteroatoms. The van der Waals surface area contributed by atoms with E-state index in [1.165, 1.54) is 7.11 Å². The summed E-state index contributed by atoms with van der Waals surface area (Å²) in [5.74, 6) is 2.93. The smallest absolute Gasteiger partial charge is 0.233 e. The Balaban J connectivity index is 1.76. The molecule has 32 heavy (non-hydrogen) atoms. The lowest BCUT2D eigenvalue weighted by Gasteiger charge is -2.25. The summed E-state index contributed by atoms with van der Waals surface area (Å²) in [6.45, 7) is 6.68. The van der Waals surface area contributed by atoms with Gasteiger partial charge < -0.3 is 19.5 Å². The number of carbonyl (C=O) groups is 1. The van der Waals surface area contributed by atoms with Crippen molar-refractivity contribution in [1.29, 1.82) is 0 Å². The lowest BCUT2D eigenvalue weighted by molar-refractivity contribution is -0.116. The number of carbonyl (C=O) groups excluding carboxylic acids is 1. The number of ether oxygens (including phenoxy) is 3. The van der Waals surface area contributed by atoms with Gasteiger partial charge in [-0.25, -0.2) is 0 Å². The van der Waals surface area contributed by atoms with Crippen molar-refractivity contribution >= 4 is 11.7 Å². The van der Waals surface area contributed by atoms with Crippen molar-refractivity contribution in [2.45, 2.75) is 33.1 Å². The third-order valence-corrected chi connectivity index (χ3v) is 5.32. The Morgan fingerprint density at radius 3 is 2.59 bits per heavy atom. The number of fused-ring (bicyclic) bond motifs is 1. The van der Waals surface area contributed by atoms with E-state index in [1.54, 1.807) is 23.9 Å². The molecule has 9 nitrogen and oxygen atoms in total. The van der Waals surface area contributed by atoms with Crippen molar-refractivity contribution < 1.29 is 19.0 Å². The summed E-state index contributed by atoms with van der Waals surface area (Å²) >= 11 is 0. The Morgan fingerprint density at radius 1 is 1.12 bits per heavy atom. The highest BCUT2D eigenvalue weighted by atomic mass is 16.5. The van der Waals surface area contributed by atoms with Gasteiger partial charge in [0.1, 0.15) is 5.82 Å². The van der Waals surface area contributed by atoms with Crippen LogP contribution in [-0.2, 0) is 4.79 Å². The van der Waals surface area contributed by atoms with Crippen LogP contribution in [0, 0.1) is 12.8 Å². The van der Waals surface area contributed by atoms with E-state index < -0.39 is 0 Å². The Labute approximate surface area is 186 Å². The SMILES string of the molecule is COc1ccc(-n2nc(C)c3c2NC(=O)CC3c2ccc(OC)c(OCC(C)C)c2)nn1. The molecule has 3 aromatic rings. The van der Waals surface area contributed by atoms with Gasteiger partial charge in [-0.15, -0.1) is 10.2 Å². The summed E-state index contributed by atoms with van der Waals surface area (Å²) in [4.78, 5) is 12.7. The highest BCUT2D eigenvalue weighted by molar-refractivity contribution is 5.95. The number of anilines is 1. The van der Waals surface area contributed by atoms with Crippen LogP contribution in [0.15, 0.2) is 30.3 Å². The Bertz CT molecular complexity index is 1120. The highest BCUT2D eigenvalue weighted by Gasteiger charge is 2.33. The molecule has 1 aliphatic rings. The number of nitrogens with zero attached hydrogens (tertiary/aromatic N) is 4. The number of hydrogen-bond acceptors (Lipinski definition) is 7. The van der Waals surface area contributed by atoms with E-state index in [9.17, 15) is 4.79 Å². The van der Waals surface area contributed by atoms with Gasteiger partial charge in [0.15, 0.2) is 17.3 Å². The average Bonchev–Trinajstić information content (AvgIpc) is 3.13. The van der Waals surface area contributed by atoms with E-state index in [2.05, 4.69) is 34.5 Å². The first kappa shape index (κ1) is 21.6. The van der Waals surface area contributed by atoms with Gasteiger partial charge >= 0.3 is 0 Å². The van der Waals surface area contributed by atoms with E-state index in [-0.39, 0.29) is 11.8 Å². The molecule has 0 radical (unpaired) electrons. The molecule has 1 unspecified atom stereocenters. The fourth-order valence-electron chi connectivity index (χ4n) is 3.81. The van der Waals surface area contributed by atoms with Crippen LogP contribution in [0.2, 0.25) is 0 Å². The van der Waals surface area contributed by atoms with Gasteiger partial charge in [0, 0.05) is 24.0 Å². The first-order chi connectivity index (χ1) is 15.4. The molecule has 0 fully saturated rings. The standard InChI is InChI=1S/C23H27N5O4/c1-13(2)12-32-18-10-15(6-7-17(18)30-4)16-11-20(29)24-23-22(16)14(3)27-28(23)19-8-9-21(31-5)26-25-19/h6-10,13,16H,11-12H2,1-5H3,(H,24,29). The lowest BCUT2D eigenvalue weighted by atomic mass is 9.85. The lowest BCUT2D eigenvalue weighted by Crippen LogP contribution is -2.25. The maximum absolute atomic E-state index is 12.7. The first-order valence-corrected chi connectivity index (χ1v) is 10.5. The third kappa shape index (κ3) is 4.10. The zero-order valence-electron chi connectivity index (χ0n) is 18.9. The van der Waals surface area contributed by atoms with Crippen molar-refractivity contribution in [1.82, 2.24) is 20.0 Å². The van der Waals surface area contributed by atoms with Crippen molar-refractivity contribution in [2.24, 2.45) is 5.92 Å². The van der Waals surface area contributed by atoms with Crippen LogP contribution >= 0.6 is 0 Å². The molecule has 0 bridgehead atoms. The van der Waals surface area contributed by atoms with Crippen LogP contribution < -0.4 is 19.5 Å². The molecule has 2 aromatic heterocycles.